The molecule has 1 heterocycles. The number of aromatic nitrogens is 2. The summed E-state index contributed by atoms with van der Waals surface area (Å²) in [6, 6.07) is 5.95. The largest absolute Gasteiger partial charge is 0.411 e. The molecule has 0 unspecified atom stereocenters. The quantitative estimate of drug-likeness (QED) is 0.730. The first-order chi connectivity index (χ1) is 11.4. The normalized spacial score (nSPS) is 12.4. The Labute approximate surface area is 145 Å². The second-order valence-corrected chi connectivity index (χ2v) is 7.04. The maximum atomic E-state index is 12.9. The van der Waals surface area contributed by atoms with Gasteiger partial charge >= 0.3 is 0 Å². The number of benzene rings is 1. The maximum Gasteiger partial charge on any atom is 0.277 e. The second kappa shape index (κ2) is 8.82. The molecule has 1 aromatic carbocycles. The van der Waals surface area contributed by atoms with E-state index in [1.54, 1.807) is 12.1 Å². The lowest BCUT2D eigenvalue weighted by atomic mass is 10.0. The average Bonchev–Trinajstić information content (AvgIpc) is 3.00. The number of rotatable bonds is 8. The number of carbonyl (C=O) groups is 1. The first-order valence-electron chi connectivity index (χ1n) is 7.95. The first kappa shape index (κ1) is 18.4. The van der Waals surface area contributed by atoms with Crippen LogP contribution in [0.25, 0.3) is 11.5 Å². The Hall–Kier alpha value is -1.89. The van der Waals surface area contributed by atoms with E-state index < -0.39 is 0 Å². The molecule has 0 bridgehead atoms. The molecular weight excluding hydrogens is 329 g/mol. The molecule has 0 fully saturated rings. The van der Waals surface area contributed by atoms with Gasteiger partial charge < -0.3 is 9.73 Å². The Balaban J connectivity index is 1.80. The van der Waals surface area contributed by atoms with Crippen LogP contribution in [0.4, 0.5) is 4.39 Å². The molecule has 24 heavy (non-hydrogen) atoms. The summed E-state index contributed by atoms with van der Waals surface area (Å²) in [5.41, 5.74) is 0.641. The van der Waals surface area contributed by atoms with Crippen LogP contribution in [0.2, 0.25) is 0 Å². The van der Waals surface area contributed by atoms with Crippen molar-refractivity contribution in [2.75, 3.05) is 5.75 Å². The van der Waals surface area contributed by atoms with E-state index >= 15 is 0 Å². The molecule has 0 saturated heterocycles. The Morgan fingerprint density at radius 3 is 2.58 bits per heavy atom. The van der Waals surface area contributed by atoms with Gasteiger partial charge in [-0.05, 0) is 49.9 Å². The molecule has 0 spiro atoms. The minimum Gasteiger partial charge on any atom is -0.411 e. The fourth-order valence-corrected chi connectivity index (χ4v) is 2.65. The standard InChI is InChI=1S/C17H22FN3O2S/c1-11(2)4-5-12(3)19-15(22)10-24-17-21-20-16(23-17)13-6-8-14(18)9-7-13/h6-9,11-12H,4-5,10H2,1-3H3,(H,19,22)/t12-/m0/s1. The number of amides is 1. The molecule has 0 aliphatic heterocycles. The SMILES string of the molecule is CC(C)CC[C@H](C)NC(=O)CSc1nnc(-c2ccc(F)cc2)o1. The van der Waals surface area contributed by atoms with E-state index in [1.165, 1.54) is 23.9 Å². The highest BCUT2D eigenvalue weighted by atomic mass is 32.2. The van der Waals surface area contributed by atoms with Gasteiger partial charge in [-0.15, -0.1) is 10.2 Å². The first-order valence-corrected chi connectivity index (χ1v) is 8.94. The van der Waals surface area contributed by atoms with Crippen LogP contribution < -0.4 is 5.32 Å². The van der Waals surface area contributed by atoms with Crippen molar-refractivity contribution in [3.63, 3.8) is 0 Å². The van der Waals surface area contributed by atoms with Crippen molar-refractivity contribution in [1.29, 1.82) is 0 Å². The molecule has 0 aliphatic rings. The van der Waals surface area contributed by atoms with E-state index in [9.17, 15) is 9.18 Å². The van der Waals surface area contributed by atoms with Gasteiger partial charge in [0.1, 0.15) is 5.82 Å². The number of thioether (sulfide) groups is 1. The smallest absolute Gasteiger partial charge is 0.277 e. The van der Waals surface area contributed by atoms with Gasteiger partial charge in [-0.25, -0.2) is 4.39 Å². The zero-order valence-corrected chi connectivity index (χ0v) is 14.9. The molecular formula is C17H22FN3O2S. The molecule has 0 radical (unpaired) electrons. The summed E-state index contributed by atoms with van der Waals surface area (Å²) >= 11 is 1.19. The number of hydrogen-bond acceptors (Lipinski definition) is 5. The lowest BCUT2D eigenvalue weighted by Gasteiger charge is -2.14. The van der Waals surface area contributed by atoms with Gasteiger partial charge in [0.15, 0.2) is 0 Å². The minimum atomic E-state index is -0.323. The van der Waals surface area contributed by atoms with Gasteiger partial charge in [0.2, 0.25) is 11.8 Å². The molecule has 2 rings (SSSR count). The second-order valence-electron chi connectivity index (χ2n) is 6.11. The van der Waals surface area contributed by atoms with Crippen molar-refractivity contribution in [2.24, 2.45) is 5.92 Å². The molecule has 1 amide bonds. The van der Waals surface area contributed by atoms with Crippen LogP contribution in [0.1, 0.15) is 33.6 Å². The predicted octanol–water partition coefficient (Wildman–Crippen LogP) is 3.91. The van der Waals surface area contributed by atoms with Crippen LogP contribution >= 0.6 is 11.8 Å². The van der Waals surface area contributed by atoms with Crippen molar-refractivity contribution >= 4 is 17.7 Å². The third kappa shape index (κ3) is 5.96. The number of hydrogen-bond donors (Lipinski definition) is 1. The zero-order valence-electron chi connectivity index (χ0n) is 14.1. The van der Waals surface area contributed by atoms with E-state index in [0.717, 1.165) is 12.8 Å². The van der Waals surface area contributed by atoms with Gasteiger partial charge in [0, 0.05) is 11.6 Å². The Morgan fingerprint density at radius 1 is 1.21 bits per heavy atom. The summed E-state index contributed by atoms with van der Waals surface area (Å²) in [4.78, 5) is 11.9. The highest BCUT2D eigenvalue weighted by Gasteiger charge is 2.13. The maximum absolute atomic E-state index is 12.9. The molecule has 1 aromatic heterocycles. The van der Waals surface area contributed by atoms with Crippen molar-refractivity contribution < 1.29 is 13.6 Å². The van der Waals surface area contributed by atoms with E-state index in [0.29, 0.717) is 22.6 Å². The molecule has 7 heteroatoms. The van der Waals surface area contributed by atoms with Crippen LogP contribution in [-0.2, 0) is 4.79 Å². The van der Waals surface area contributed by atoms with Crippen molar-refractivity contribution in [2.45, 2.75) is 44.9 Å². The minimum absolute atomic E-state index is 0.0576. The summed E-state index contributed by atoms with van der Waals surface area (Å²) in [6.45, 7) is 6.33. The van der Waals surface area contributed by atoms with E-state index in [1.807, 2.05) is 6.92 Å². The molecule has 1 atom stereocenters. The van der Waals surface area contributed by atoms with Crippen molar-refractivity contribution in [3.8, 4) is 11.5 Å². The Bertz CT molecular complexity index is 658. The van der Waals surface area contributed by atoms with Crippen LogP contribution in [0.3, 0.4) is 0 Å². The van der Waals surface area contributed by atoms with Gasteiger partial charge in [0.25, 0.3) is 5.22 Å². The zero-order chi connectivity index (χ0) is 17.5. The van der Waals surface area contributed by atoms with Crippen molar-refractivity contribution in [3.05, 3.63) is 30.1 Å². The molecule has 2 aromatic rings. The van der Waals surface area contributed by atoms with Gasteiger partial charge in [-0.1, -0.05) is 25.6 Å². The van der Waals surface area contributed by atoms with Crippen LogP contribution in [0.15, 0.2) is 33.9 Å². The highest BCUT2D eigenvalue weighted by molar-refractivity contribution is 7.99. The van der Waals surface area contributed by atoms with E-state index in [-0.39, 0.29) is 23.5 Å². The van der Waals surface area contributed by atoms with Gasteiger partial charge in [-0.2, -0.15) is 0 Å². The summed E-state index contributed by atoms with van der Waals surface area (Å²) in [5, 5.41) is 11.1. The van der Waals surface area contributed by atoms with Crippen LogP contribution in [0, 0.1) is 11.7 Å². The van der Waals surface area contributed by atoms with Crippen molar-refractivity contribution in [1.82, 2.24) is 15.5 Å². The molecule has 0 saturated carbocycles. The van der Waals surface area contributed by atoms with Gasteiger partial charge in [0.05, 0.1) is 5.75 Å². The molecule has 5 nitrogen and oxygen atoms in total. The Kier molecular flexibility index (Phi) is 6.78. The summed E-state index contributed by atoms with van der Waals surface area (Å²) in [6.07, 6.45) is 2.04. The predicted molar refractivity (Wildman–Crippen MR) is 92.1 cm³/mol. The van der Waals surface area contributed by atoms with E-state index in [4.69, 9.17) is 4.42 Å². The third-order valence-corrected chi connectivity index (χ3v) is 4.23. The topological polar surface area (TPSA) is 68.0 Å². The number of nitrogens with one attached hydrogen (secondary N) is 1. The monoisotopic (exact) mass is 351 g/mol. The average molecular weight is 351 g/mol. The summed E-state index contributed by atoms with van der Waals surface area (Å²) in [5.74, 6) is 0.774. The molecule has 130 valence electrons. The Morgan fingerprint density at radius 2 is 1.92 bits per heavy atom. The number of nitrogens with zero attached hydrogens (tertiary/aromatic N) is 2. The lowest BCUT2D eigenvalue weighted by Crippen LogP contribution is -2.34. The number of carbonyl (C=O) groups excluding carboxylic acids is 1. The molecule has 1 N–H and O–H groups in total. The fraction of sp³-hybridized carbons (Fsp3) is 0.471. The van der Waals surface area contributed by atoms with E-state index in [2.05, 4.69) is 29.4 Å². The molecule has 0 aliphatic carbocycles. The van der Waals surface area contributed by atoms with Gasteiger partial charge in [-0.3, -0.25) is 4.79 Å². The van der Waals surface area contributed by atoms with Crippen LogP contribution in [0.5, 0.6) is 0 Å². The fourth-order valence-electron chi connectivity index (χ4n) is 2.08. The highest BCUT2D eigenvalue weighted by Crippen LogP contribution is 2.23. The lowest BCUT2D eigenvalue weighted by molar-refractivity contribution is -0.119. The summed E-state index contributed by atoms with van der Waals surface area (Å²) < 4.78 is 18.4. The van der Waals surface area contributed by atoms with Crippen LogP contribution in [-0.4, -0.2) is 27.9 Å². The summed E-state index contributed by atoms with van der Waals surface area (Å²) in [7, 11) is 0. The number of halogens is 1. The third-order valence-electron chi connectivity index (χ3n) is 3.41.